The third-order valence-corrected chi connectivity index (χ3v) is 5.13. The Kier molecular flexibility index (Phi) is 4.62. The molecule has 0 fully saturated rings. The predicted molar refractivity (Wildman–Crippen MR) is 117 cm³/mol. The van der Waals surface area contributed by atoms with Crippen LogP contribution in [0.4, 0.5) is 5.82 Å². The Morgan fingerprint density at radius 3 is 2.69 bits per heavy atom. The fraction of sp³-hybridized carbons (Fsp3) is 0.125. The molecule has 0 aliphatic carbocycles. The molecule has 0 spiro atoms. The summed E-state index contributed by atoms with van der Waals surface area (Å²) >= 11 is 0. The molecule has 0 bridgehead atoms. The van der Waals surface area contributed by atoms with E-state index < -0.39 is 0 Å². The van der Waals surface area contributed by atoms with E-state index in [9.17, 15) is 0 Å². The summed E-state index contributed by atoms with van der Waals surface area (Å²) in [6.07, 6.45) is 9.61. The maximum Gasteiger partial charge on any atom is 0.180 e. The lowest BCUT2D eigenvalue weighted by molar-refractivity contribution is 0.858. The van der Waals surface area contributed by atoms with Crippen molar-refractivity contribution in [3.8, 4) is 11.3 Å². The molecular formula is C24H21N5. The molecule has 5 aromatic rings. The van der Waals surface area contributed by atoms with E-state index in [1.807, 2.05) is 49.1 Å². The standard InChI is InChI=1S/C24H21N5/c1-2-7-18(8-3-1)9-5-14-26-23-24-27-15-16-29(24)22(17-28-23)20-10-4-12-21-19(20)11-6-13-25-21/h1-4,6-8,10-13,15-17H,5,9,14H2,(H,26,28). The Bertz CT molecular complexity index is 1260. The first-order valence-electron chi connectivity index (χ1n) is 9.84. The second kappa shape index (κ2) is 7.72. The number of nitrogens with zero attached hydrogens (tertiary/aromatic N) is 4. The summed E-state index contributed by atoms with van der Waals surface area (Å²) in [6.45, 7) is 0.849. The zero-order valence-corrected chi connectivity index (χ0v) is 16.0. The number of hydrogen-bond donors (Lipinski definition) is 1. The molecule has 5 rings (SSSR count). The molecule has 0 aliphatic rings. The van der Waals surface area contributed by atoms with Gasteiger partial charge in [-0.2, -0.15) is 0 Å². The number of imidazole rings is 1. The van der Waals surface area contributed by atoms with Gasteiger partial charge in [-0.1, -0.05) is 48.5 Å². The number of aromatic nitrogens is 4. The van der Waals surface area contributed by atoms with E-state index in [0.717, 1.165) is 53.0 Å². The van der Waals surface area contributed by atoms with Gasteiger partial charge in [0.25, 0.3) is 0 Å². The monoisotopic (exact) mass is 379 g/mol. The van der Waals surface area contributed by atoms with Gasteiger partial charge in [-0.3, -0.25) is 9.38 Å². The Hall–Kier alpha value is -3.73. The fourth-order valence-electron chi connectivity index (χ4n) is 3.71. The number of fused-ring (bicyclic) bond motifs is 2. The molecule has 29 heavy (non-hydrogen) atoms. The highest BCUT2D eigenvalue weighted by molar-refractivity contribution is 5.94. The average Bonchev–Trinajstić information content (AvgIpc) is 3.27. The topological polar surface area (TPSA) is 55.1 Å². The number of nitrogens with one attached hydrogen (secondary N) is 1. The van der Waals surface area contributed by atoms with E-state index in [1.165, 1.54) is 5.56 Å². The van der Waals surface area contributed by atoms with Crippen LogP contribution >= 0.6 is 0 Å². The van der Waals surface area contributed by atoms with Crippen molar-refractivity contribution in [2.24, 2.45) is 0 Å². The lowest BCUT2D eigenvalue weighted by Gasteiger charge is -2.12. The second-order valence-electron chi connectivity index (χ2n) is 7.00. The number of aryl methyl sites for hydroxylation is 1. The van der Waals surface area contributed by atoms with Crippen LogP contribution in [0.25, 0.3) is 27.8 Å². The van der Waals surface area contributed by atoms with Crippen LogP contribution in [0.1, 0.15) is 12.0 Å². The molecule has 0 saturated carbocycles. The summed E-state index contributed by atoms with van der Waals surface area (Å²) in [5.74, 6) is 0.810. The second-order valence-corrected chi connectivity index (χ2v) is 7.00. The minimum atomic E-state index is 0.810. The minimum absolute atomic E-state index is 0.810. The molecule has 5 nitrogen and oxygen atoms in total. The summed E-state index contributed by atoms with van der Waals surface area (Å²) in [7, 11) is 0. The summed E-state index contributed by atoms with van der Waals surface area (Å²) in [5, 5.41) is 4.56. The van der Waals surface area contributed by atoms with E-state index in [1.54, 1.807) is 0 Å². The molecule has 142 valence electrons. The van der Waals surface area contributed by atoms with E-state index in [0.29, 0.717) is 0 Å². The van der Waals surface area contributed by atoms with Gasteiger partial charge >= 0.3 is 0 Å². The molecule has 0 amide bonds. The number of pyridine rings is 1. The summed E-state index contributed by atoms with van der Waals surface area (Å²) < 4.78 is 2.09. The fourth-order valence-corrected chi connectivity index (χ4v) is 3.71. The van der Waals surface area contributed by atoms with Gasteiger partial charge in [0.2, 0.25) is 0 Å². The van der Waals surface area contributed by atoms with Crippen molar-refractivity contribution < 1.29 is 0 Å². The van der Waals surface area contributed by atoms with Crippen LogP contribution in [0.2, 0.25) is 0 Å². The Balaban J connectivity index is 1.41. The van der Waals surface area contributed by atoms with Crippen molar-refractivity contribution in [2.75, 3.05) is 11.9 Å². The quantitative estimate of drug-likeness (QED) is 0.422. The first-order chi connectivity index (χ1) is 14.4. The number of anilines is 1. The average molecular weight is 379 g/mol. The first kappa shape index (κ1) is 17.4. The van der Waals surface area contributed by atoms with Gasteiger partial charge in [0.15, 0.2) is 11.5 Å². The van der Waals surface area contributed by atoms with E-state index >= 15 is 0 Å². The van der Waals surface area contributed by atoms with Crippen LogP contribution in [0.3, 0.4) is 0 Å². The predicted octanol–water partition coefficient (Wildman–Crippen LogP) is 4.99. The molecule has 3 heterocycles. The van der Waals surface area contributed by atoms with E-state index in [-0.39, 0.29) is 0 Å². The maximum atomic E-state index is 4.69. The lowest BCUT2D eigenvalue weighted by atomic mass is 10.1. The molecule has 5 heteroatoms. The van der Waals surface area contributed by atoms with Crippen LogP contribution in [-0.4, -0.2) is 25.9 Å². The molecule has 1 N–H and O–H groups in total. The van der Waals surface area contributed by atoms with Crippen LogP contribution < -0.4 is 5.32 Å². The van der Waals surface area contributed by atoms with Crippen LogP contribution in [-0.2, 0) is 6.42 Å². The SMILES string of the molecule is c1ccc(CCCNc2ncc(-c3cccc4ncccc34)n3ccnc23)cc1. The number of benzene rings is 2. The van der Waals surface area contributed by atoms with Gasteiger partial charge in [-0.05, 0) is 30.5 Å². The smallest absolute Gasteiger partial charge is 0.180 e. The van der Waals surface area contributed by atoms with Crippen molar-refractivity contribution in [1.29, 1.82) is 0 Å². The van der Waals surface area contributed by atoms with E-state index in [2.05, 4.69) is 56.1 Å². The van der Waals surface area contributed by atoms with Gasteiger partial charge in [-0.25, -0.2) is 9.97 Å². The highest BCUT2D eigenvalue weighted by atomic mass is 15.1. The highest BCUT2D eigenvalue weighted by Gasteiger charge is 2.12. The van der Waals surface area contributed by atoms with Crippen molar-refractivity contribution in [1.82, 2.24) is 19.4 Å². The van der Waals surface area contributed by atoms with Gasteiger partial charge in [-0.15, -0.1) is 0 Å². The third kappa shape index (κ3) is 3.43. The third-order valence-electron chi connectivity index (χ3n) is 5.13. The summed E-state index contributed by atoms with van der Waals surface area (Å²) in [5.41, 5.74) is 5.27. The molecule has 0 atom stereocenters. The number of rotatable bonds is 6. The molecule has 0 saturated heterocycles. The lowest BCUT2D eigenvalue weighted by Crippen LogP contribution is -2.07. The molecule has 0 unspecified atom stereocenters. The summed E-state index contributed by atoms with van der Waals surface area (Å²) in [4.78, 5) is 13.7. The molecule has 2 aromatic carbocycles. The molecule has 0 radical (unpaired) electrons. The van der Waals surface area contributed by atoms with Crippen molar-refractivity contribution >= 4 is 22.4 Å². The Morgan fingerprint density at radius 1 is 0.828 bits per heavy atom. The normalized spacial score (nSPS) is 11.2. The summed E-state index contributed by atoms with van der Waals surface area (Å²) in [6, 6.07) is 20.8. The van der Waals surface area contributed by atoms with Gasteiger partial charge in [0.1, 0.15) is 0 Å². The molecular weight excluding hydrogens is 358 g/mol. The zero-order valence-electron chi connectivity index (χ0n) is 16.0. The Morgan fingerprint density at radius 2 is 1.76 bits per heavy atom. The first-order valence-corrected chi connectivity index (χ1v) is 9.84. The molecule has 3 aromatic heterocycles. The Labute approximate surface area is 169 Å². The van der Waals surface area contributed by atoms with Gasteiger partial charge in [0.05, 0.1) is 17.4 Å². The maximum absolute atomic E-state index is 4.69. The van der Waals surface area contributed by atoms with Crippen molar-refractivity contribution in [3.05, 3.63) is 91.0 Å². The van der Waals surface area contributed by atoms with Crippen LogP contribution in [0.5, 0.6) is 0 Å². The van der Waals surface area contributed by atoms with Gasteiger partial charge < -0.3 is 5.32 Å². The van der Waals surface area contributed by atoms with Crippen molar-refractivity contribution in [3.63, 3.8) is 0 Å². The zero-order chi connectivity index (χ0) is 19.5. The molecule has 0 aliphatic heterocycles. The van der Waals surface area contributed by atoms with Crippen LogP contribution in [0, 0.1) is 0 Å². The van der Waals surface area contributed by atoms with Gasteiger partial charge in [0, 0.05) is 36.1 Å². The van der Waals surface area contributed by atoms with Crippen molar-refractivity contribution in [2.45, 2.75) is 12.8 Å². The number of hydrogen-bond acceptors (Lipinski definition) is 4. The highest BCUT2D eigenvalue weighted by Crippen LogP contribution is 2.29. The largest absolute Gasteiger partial charge is 0.367 e. The minimum Gasteiger partial charge on any atom is -0.367 e. The van der Waals surface area contributed by atoms with Crippen LogP contribution in [0.15, 0.2) is 85.5 Å². The van der Waals surface area contributed by atoms with E-state index in [4.69, 9.17) is 4.98 Å².